The molecule has 0 aromatic carbocycles. The summed E-state index contributed by atoms with van der Waals surface area (Å²) < 4.78 is 0.879. The Bertz CT molecular complexity index is 417. The number of nitrogens with one attached hydrogen (secondary N) is 1. The third kappa shape index (κ3) is 1.31. The highest BCUT2D eigenvalue weighted by molar-refractivity contribution is 9.10. The minimum Gasteiger partial charge on any atom is -0.363 e. The second kappa shape index (κ2) is 3.08. The number of halogens is 2. The van der Waals surface area contributed by atoms with Crippen LogP contribution in [0.5, 0.6) is 0 Å². The largest absolute Gasteiger partial charge is 0.363 e. The second-order valence-electron chi connectivity index (χ2n) is 4.57. The topological polar surface area (TPSA) is 37.8 Å². The molecule has 1 N–H and O–H groups in total. The predicted octanol–water partition coefficient (Wildman–Crippen LogP) is 3.10. The highest BCUT2D eigenvalue weighted by atomic mass is 79.9. The highest BCUT2D eigenvalue weighted by Gasteiger charge is 2.63. The molecule has 3 aliphatic carbocycles. The van der Waals surface area contributed by atoms with E-state index in [4.69, 9.17) is 11.6 Å². The molecule has 5 heteroatoms. The van der Waals surface area contributed by atoms with Gasteiger partial charge in [-0.2, -0.15) is 4.98 Å². The normalized spacial score (nSPS) is 36.7. The number of hydrogen-bond acceptors (Lipinski definition) is 3. The first-order valence-electron chi connectivity index (χ1n) is 5.07. The van der Waals surface area contributed by atoms with E-state index in [1.165, 1.54) is 12.8 Å². The first-order valence-corrected chi connectivity index (χ1v) is 6.24. The van der Waals surface area contributed by atoms with Crippen LogP contribution < -0.4 is 5.32 Å². The molecule has 3 aliphatic rings. The van der Waals surface area contributed by atoms with E-state index in [1.54, 1.807) is 6.20 Å². The van der Waals surface area contributed by atoms with Gasteiger partial charge >= 0.3 is 0 Å². The highest BCUT2D eigenvalue weighted by Crippen LogP contribution is 2.63. The monoisotopic (exact) mass is 287 g/mol. The maximum atomic E-state index is 5.77. The van der Waals surface area contributed by atoms with Crippen molar-refractivity contribution >= 4 is 33.3 Å². The quantitative estimate of drug-likeness (QED) is 0.850. The molecule has 3 fully saturated rings. The van der Waals surface area contributed by atoms with Gasteiger partial charge in [0, 0.05) is 11.7 Å². The SMILES string of the molecule is C[C@@H]1C2CC1(Nc1nc(Cl)ncc1Br)C2. The van der Waals surface area contributed by atoms with Crippen LogP contribution in [-0.2, 0) is 0 Å². The Balaban J connectivity index is 1.85. The van der Waals surface area contributed by atoms with E-state index in [0.29, 0.717) is 5.28 Å². The van der Waals surface area contributed by atoms with Crippen LogP contribution in [0.3, 0.4) is 0 Å². The molecule has 4 rings (SSSR count). The zero-order valence-corrected chi connectivity index (χ0v) is 10.6. The van der Waals surface area contributed by atoms with E-state index in [-0.39, 0.29) is 5.54 Å². The van der Waals surface area contributed by atoms with Crippen molar-refractivity contribution in [2.45, 2.75) is 25.3 Å². The summed E-state index contributed by atoms with van der Waals surface area (Å²) in [5.41, 5.74) is 0.283. The number of anilines is 1. The summed E-state index contributed by atoms with van der Waals surface area (Å²) in [7, 11) is 0. The Hall–Kier alpha value is -0.350. The minimum atomic E-state index is 0.283. The van der Waals surface area contributed by atoms with Crippen LogP contribution >= 0.6 is 27.5 Å². The van der Waals surface area contributed by atoms with Gasteiger partial charge in [-0.1, -0.05) is 6.92 Å². The smallest absolute Gasteiger partial charge is 0.224 e. The molecular formula is C10H11BrClN3. The molecule has 1 atom stereocenters. The van der Waals surface area contributed by atoms with Crippen molar-refractivity contribution in [2.24, 2.45) is 11.8 Å². The fraction of sp³-hybridized carbons (Fsp3) is 0.600. The number of aromatic nitrogens is 2. The van der Waals surface area contributed by atoms with E-state index in [2.05, 4.69) is 38.1 Å². The van der Waals surface area contributed by atoms with Crippen LogP contribution in [0.1, 0.15) is 19.8 Å². The van der Waals surface area contributed by atoms with E-state index >= 15 is 0 Å². The average molecular weight is 289 g/mol. The molecule has 0 radical (unpaired) electrons. The summed E-state index contributed by atoms with van der Waals surface area (Å²) in [5.74, 6) is 2.51. The summed E-state index contributed by atoms with van der Waals surface area (Å²) in [6.45, 7) is 2.29. The standard InChI is InChI=1S/C10H11BrClN3/c1-5-6-2-10(5,3-6)15-8-7(11)4-13-9(12)14-8/h4-6H,2-3H2,1H3,(H,13,14,15)/t5-,6?,10?/m1/s1. The van der Waals surface area contributed by atoms with Gasteiger partial charge in [0.05, 0.1) is 4.47 Å². The van der Waals surface area contributed by atoms with E-state index in [1.807, 2.05) is 0 Å². The molecular weight excluding hydrogens is 277 g/mol. The summed E-state index contributed by atoms with van der Waals surface area (Å²) >= 11 is 9.20. The van der Waals surface area contributed by atoms with Crippen molar-refractivity contribution < 1.29 is 0 Å². The van der Waals surface area contributed by atoms with E-state index in [0.717, 1.165) is 22.1 Å². The molecule has 2 bridgehead atoms. The van der Waals surface area contributed by atoms with Gasteiger partial charge in [0.25, 0.3) is 0 Å². The Labute approximate surface area is 102 Å². The molecule has 3 saturated carbocycles. The van der Waals surface area contributed by atoms with E-state index in [9.17, 15) is 0 Å². The average Bonchev–Trinajstić information content (AvgIpc) is 2.17. The molecule has 1 heterocycles. The first kappa shape index (κ1) is 9.85. The minimum absolute atomic E-state index is 0.283. The molecule has 3 nitrogen and oxygen atoms in total. The van der Waals surface area contributed by atoms with Crippen molar-refractivity contribution in [3.8, 4) is 0 Å². The van der Waals surface area contributed by atoms with Crippen LogP contribution in [0.15, 0.2) is 10.7 Å². The fourth-order valence-corrected chi connectivity index (χ4v) is 3.04. The number of rotatable bonds is 2. The van der Waals surface area contributed by atoms with Crippen LogP contribution in [0.4, 0.5) is 5.82 Å². The lowest BCUT2D eigenvalue weighted by Gasteiger charge is -2.67. The molecule has 0 spiro atoms. The molecule has 0 saturated heterocycles. The summed E-state index contributed by atoms with van der Waals surface area (Å²) in [6, 6.07) is 0. The van der Waals surface area contributed by atoms with Gasteiger partial charge in [-0.25, -0.2) is 4.98 Å². The summed E-state index contributed by atoms with van der Waals surface area (Å²) in [5, 5.41) is 3.79. The van der Waals surface area contributed by atoms with Gasteiger partial charge in [-0.15, -0.1) is 0 Å². The number of hydrogen-bond donors (Lipinski definition) is 1. The maximum absolute atomic E-state index is 5.77. The van der Waals surface area contributed by atoms with Gasteiger partial charge < -0.3 is 5.32 Å². The molecule has 0 unspecified atom stereocenters. The Morgan fingerprint density at radius 1 is 1.60 bits per heavy atom. The first-order chi connectivity index (χ1) is 7.11. The lowest BCUT2D eigenvalue weighted by molar-refractivity contribution is -0.0812. The van der Waals surface area contributed by atoms with E-state index < -0.39 is 0 Å². The maximum Gasteiger partial charge on any atom is 0.224 e. The lowest BCUT2D eigenvalue weighted by Crippen LogP contribution is -2.70. The van der Waals surface area contributed by atoms with Crippen molar-refractivity contribution in [3.05, 3.63) is 16.0 Å². The Morgan fingerprint density at radius 3 is 2.87 bits per heavy atom. The fourth-order valence-electron chi connectivity index (χ4n) is 2.62. The molecule has 1 aromatic heterocycles. The van der Waals surface area contributed by atoms with Crippen LogP contribution in [0, 0.1) is 11.8 Å². The molecule has 0 aliphatic heterocycles. The van der Waals surface area contributed by atoms with Crippen molar-refractivity contribution in [1.29, 1.82) is 0 Å². The third-order valence-corrected chi connectivity index (χ3v) is 4.68. The zero-order valence-electron chi connectivity index (χ0n) is 8.30. The summed E-state index contributed by atoms with van der Waals surface area (Å²) in [4.78, 5) is 8.11. The lowest BCUT2D eigenvalue weighted by atomic mass is 9.43. The van der Waals surface area contributed by atoms with Gasteiger partial charge in [0.1, 0.15) is 5.82 Å². The molecule has 0 amide bonds. The van der Waals surface area contributed by atoms with Crippen molar-refractivity contribution in [2.75, 3.05) is 5.32 Å². The predicted molar refractivity (Wildman–Crippen MR) is 63.0 cm³/mol. The Kier molecular flexibility index (Phi) is 2.02. The third-order valence-electron chi connectivity index (χ3n) is 3.91. The molecule has 80 valence electrons. The van der Waals surface area contributed by atoms with Gasteiger partial charge in [-0.05, 0) is 52.2 Å². The van der Waals surface area contributed by atoms with Crippen LogP contribution in [0.2, 0.25) is 5.28 Å². The Morgan fingerprint density at radius 2 is 2.33 bits per heavy atom. The van der Waals surface area contributed by atoms with Gasteiger partial charge in [0.15, 0.2) is 0 Å². The van der Waals surface area contributed by atoms with Crippen LogP contribution in [0.25, 0.3) is 0 Å². The van der Waals surface area contributed by atoms with Gasteiger partial charge in [-0.3, -0.25) is 0 Å². The molecule has 15 heavy (non-hydrogen) atoms. The van der Waals surface area contributed by atoms with Crippen LogP contribution in [-0.4, -0.2) is 15.5 Å². The van der Waals surface area contributed by atoms with Gasteiger partial charge in [0.2, 0.25) is 5.28 Å². The summed E-state index contributed by atoms with van der Waals surface area (Å²) in [6.07, 6.45) is 4.22. The van der Waals surface area contributed by atoms with Crippen molar-refractivity contribution in [1.82, 2.24) is 9.97 Å². The number of nitrogens with zero attached hydrogens (tertiary/aromatic N) is 2. The second-order valence-corrected chi connectivity index (χ2v) is 5.77. The van der Waals surface area contributed by atoms with Crippen molar-refractivity contribution in [3.63, 3.8) is 0 Å². The molecule has 1 aromatic rings. The zero-order chi connectivity index (χ0) is 10.6.